The van der Waals surface area contributed by atoms with Crippen molar-refractivity contribution >= 4 is 51.4 Å². The summed E-state index contributed by atoms with van der Waals surface area (Å²) in [6.07, 6.45) is -4.52. The average molecular weight is 497 g/mol. The van der Waals surface area contributed by atoms with E-state index in [1.54, 1.807) is 0 Å². The fourth-order valence-corrected chi connectivity index (χ4v) is 4.19. The molecule has 0 aliphatic carbocycles. The Bertz CT molecular complexity index is 1220. The predicted molar refractivity (Wildman–Crippen MR) is 116 cm³/mol. The Balaban J connectivity index is 1.57. The third-order valence-electron chi connectivity index (χ3n) is 4.17. The van der Waals surface area contributed by atoms with Gasteiger partial charge in [0.2, 0.25) is 11.0 Å². The third kappa shape index (κ3) is 6.26. The van der Waals surface area contributed by atoms with Crippen LogP contribution in [-0.2, 0) is 11.0 Å². The number of anilines is 2. The molecular weight excluding hydrogens is 483 g/mol. The second kappa shape index (κ2) is 9.95. The number of nitro benzene ring substituents is 1. The van der Waals surface area contributed by atoms with E-state index in [0.717, 1.165) is 35.2 Å². The molecule has 0 bridgehead atoms. The Labute approximate surface area is 192 Å². The van der Waals surface area contributed by atoms with Crippen molar-refractivity contribution in [2.75, 3.05) is 16.4 Å². The van der Waals surface area contributed by atoms with E-state index >= 15 is 0 Å². The standard InChI is InChI=1S/C19H14F3N5O4S2/c1-10-13(6-3-7-14(10)27(30)31)16(29)24-17-25-26-18(33-17)32-9-15(28)23-12-5-2-4-11(8-12)19(20,21)22/h2-8H,9H2,1H3,(H,23,28)(H,24,25,29). The fraction of sp³-hybridized carbons (Fsp3) is 0.158. The summed E-state index contributed by atoms with van der Waals surface area (Å²) in [6.45, 7) is 1.46. The molecule has 9 nitrogen and oxygen atoms in total. The first-order valence-corrected chi connectivity index (χ1v) is 10.8. The molecular formula is C19H14F3N5O4S2. The lowest BCUT2D eigenvalue weighted by molar-refractivity contribution is -0.385. The van der Waals surface area contributed by atoms with Gasteiger partial charge in [-0.05, 0) is 31.2 Å². The van der Waals surface area contributed by atoms with Gasteiger partial charge in [0.05, 0.1) is 16.2 Å². The van der Waals surface area contributed by atoms with E-state index in [1.165, 1.54) is 37.3 Å². The number of nitro groups is 1. The molecule has 2 amide bonds. The molecule has 3 rings (SSSR count). The van der Waals surface area contributed by atoms with Crippen LogP contribution in [0.1, 0.15) is 21.5 Å². The molecule has 0 aliphatic rings. The Kier molecular flexibility index (Phi) is 7.28. The maximum atomic E-state index is 12.8. The van der Waals surface area contributed by atoms with Gasteiger partial charge in [-0.25, -0.2) is 0 Å². The highest BCUT2D eigenvalue weighted by atomic mass is 32.2. The summed E-state index contributed by atoms with van der Waals surface area (Å²) in [5, 5.41) is 23.7. The van der Waals surface area contributed by atoms with E-state index in [-0.39, 0.29) is 33.4 Å². The quantitative estimate of drug-likeness (QED) is 0.209. The van der Waals surface area contributed by atoms with Gasteiger partial charge < -0.3 is 5.32 Å². The highest BCUT2D eigenvalue weighted by Crippen LogP contribution is 2.31. The molecule has 0 atom stereocenters. The van der Waals surface area contributed by atoms with Gasteiger partial charge >= 0.3 is 6.18 Å². The summed E-state index contributed by atoms with van der Waals surface area (Å²) >= 11 is 1.95. The number of benzene rings is 2. The van der Waals surface area contributed by atoms with Gasteiger partial charge in [0.15, 0.2) is 4.34 Å². The molecule has 0 spiro atoms. The van der Waals surface area contributed by atoms with Crippen molar-refractivity contribution in [3.63, 3.8) is 0 Å². The summed E-state index contributed by atoms with van der Waals surface area (Å²) in [7, 11) is 0. The SMILES string of the molecule is Cc1c(C(=O)Nc2nnc(SCC(=O)Nc3cccc(C(F)(F)F)c3)s2)cccc1[N+](=O)[O-]. The number of nitrogens with one attached hydrogen (secondary N) is 2. The second-order valence-electron chi connectivity index (χ2n) is 6.45. The first-order valence-electron chi connectivity index (χ1n) is 9.03. The zero-order valence-corrected chi connectivity index (χ0v) is 18.3. The van der Waals surface area contributed by atoms with Crippen LogP contribution < -0.4 is 10.6 Å². The zero-order valence-electron chi connectivity index (χ0n) is 16.7. The number of thioether (sulfide) groups is 1. The Morgan fingerprint density at radius 1 is 1.15 bits per heavy atom. The molecule has 0 saturated heterocycles. The Morgan fingerprint density at radius 3 is 2.58 bits per heavy atom. The summed E-state index contributed by atoms with van der Waals surface area (Å²) in [4.78, 5) is 34.9. The lowest BCUT2D eigenvalue weighted by atomic mass is 10.1. The van der Waals surface area contributed by atoms with E-state index in [0.29, 0.717) is 4.34 Å². The minimum Gasteiger partial charge on any atom is -0.325 e. The summed E-state index contributed by atoms with van der Waals surface area (Å²) in [5.74, 6) is -1.30. The van der Waals surface area contributed by atoms with Gasteiger partial charge in [-0.1, -0.05) is 35.2 Å². The smallest absolute Gasteiger partial charge is 0.325 e. The number of halogens is 3. The van der Waals surface area contributed by atoms with Crippen molar-refractivity contribution in [2.45, 2.75) is 17.4 Å². The molecule has 14 heteroatoms. The number of rotatable bonds is 7. The molecule has 0 fully saturated rings. The number of hydrogen-bond acceptors (Lipinski definition) is 8. The van der Waals surface area contributed by atoms with Crippen LogP contribution in [0.5, 0.6) is 0 Å². The largest absolute Gasteiger partial charge is 0.416 e. The summed E-state index contributed by atoms with van der Waals surface area (Å²) in [5.41, 5.74) is -0.758. The number of nitrogens with zero attached hydrogens (tertiary/aromatic N) is 3. The number of carbonyl (C=O) groups is 2. The lowest BCUT2D eigenvalue weighted by Crippen LogP contribution is -2.15. The normalized spacial score (nSPS) is 11.2. The van der Waals surface area contributed by atoms with E-state index in [9.17, 15) is 32.9 Å². The number of hydrogen-bond donors (Lipinski definition) is 2. The number of amides is 2. The van der Waals surface area contributed by atoms with Crippen molar-refractivity contribution in [1.29, 1.82) is 0 Å². The fourth-order valence-electron chi connectivity index (χ4n) is 2.65. The zero-order chi connectivity index (χ0) is 24.2. The third-order valence-corrected chi connectivity index (χ3v) is 6.15. The summed E-state index contributed by atoms with van der Waals surface area (Å²) < 4.78 is 38.6. The molecule has 0 aliphatic heterocycles. The molecule has 0 unspecified atom stereocenters. The number of alkyl halides is 3. The van der Waals surface area contributed by atoms with Crippen molar-refractivity contribution in [1.82, 2.24) is 10.2 Å². The van der Waals surface area contributed by atoms with E-state index < -0.39 is 28.5 Å². The van der Waals surface area contributed by atoms with Crippen LogP contribution in [0, 0.1) is 17.0 Å². The average Bonchev–Trinajstić information content (AvgIpc) is 3.19. The van der Waals surface area contributed by atoms with Gasteiger partial charge in [0.1, 0.15) is 0 Å². The molecule has 172 valence electrons. The molecule has 1 heterocycles. The van der Waals surface area contributed by atoms with Crippen LogP contribution in [0.2, 0.25) is 0 Å². The lowest BCUT2D eigenvalue weighted by Gasteiger charge is -2.09. The van der Waals surface area contributed by atoms with Gasteiger partial charge in [0.25, 0.3) is 11.6 Å². The topological polar surface area (TPSA) is 127 Å². The maximum absolute atomic E-state index is 12.8. The van der Waals surface area contributed by atoms with Crippen LogP contribution in [0.3, 0.4) is 0 Å². The Hall–Kier alpha value is -3.52. The van der Waals surface area contributed by atoms with E-state index in [2.05, 4.69) is 20.8 Å². The van der Waals surface area contributed by atoms with Gasteiger partial charge in [-0.3, -0.25) is 25.0 Å². The molecule has 0 saturated carbocycles. The van der Waals surface area contributed by atoms with Crippen molar-refractivity contribution in [2.24, 2.45) is 0 Å². The minimum absolute atomic E-state index is 0.00738. The highest BCUT2D eigenvalue weighted by molar-refractivity contribution is 8.01. The van der Waals surface area contributed by atoms with Gasteiger partial charge in [-0.15, -0.1) is 10.2 Å². The molecule has 3 aromatic rings. The highest BCUT2D eigenvalue weighted by Gasteiger charge is 2.30. The number of carbonyl (C=O) groups excluding carboxylic acids is 2. The van der Waals surface area contributed by atoms with E-state index in [1.807, 2.05) is 0 Å². The maximum Gasteiger partial charge on any atom is 0.416 e. The predicted octanol–water partition coefficient (Wildman–Crippen LogP) is 4.76. The van der Waals surface area contributed by atoms with Crippen molar-refractivity contribution in [3.05, 3.63) is 69.3 Å². The molecule has 2 N–H and O–H groups in total. The Morgan fingerprint density at radius 2 is 1.88 bits per heavy atom. The minimum atomic E-state index is -4.52. The van der Waals surface area contributed by atoms with Crippen LogP contribution >= 0.6 is 23.1 Å². The van der Waals surface area contributed by atoms with Crippen molar-refractivity contribution < 1.29 is 27.7 Å². The first kappa shape index (κ1) is 24.1. The monoisotopic (exact) mass is 497 g/mol. The van der Waals surface area contributed by atoms with Gasteiger partial charge in [0, 0.05) is 22.9 Å². The molecule has 0 radical (unpaired) electrons. The molecule has 33 heavy (non-hydrogen) atoms. The van der Waals surface area contributed by atoms with Gasteiger partial charge in [-0.2, -0.15) is 13.2 Å². The molecule has 1 aromatic heterocycles. The van der Waals surface area contributed by atoms with Crippen LogP contribution in [-0.4, -0.2) is 32.7 Å². The van der Waals surface area contributed by atoms with Crippen LogP contribution in [0.4, 0.5) is 29.7 Å². The van der Waals surface area contributed by atoms with Crippen LogP contribution in [0.25, 0.3) is 0 Å². The first-order chi connectivity index (χ1) is 15.5. The van der Waals surface area contributed by atoms with Crippen molar-refractivity contribution in [3.8, 4) is 0 Å². The van der Waals surface area contributed by atoms with E-state index in [4.69, 9.17) is 0 Å². The van der Waals surface area contributed by atoms with Crippen LogP contribution in [0.15, 0.2) is 46.8 Å². The summed E-state index contributed by atoms with van der Waals surface area (Å²) in [6, 6.07) is 8.38. The molecule has 2 aromatic carbocycles. The number of aromatic nitrogens is 2. The second-order valence-corrected chi connectivity index (χ2v) is 8.65.